The van der Waals surface area contributed by atoms with Crippen molar-refractivity contribution in [1.29, 1.82) is 0 Å². The van der Waals surface area contributed by atoms with E-state index in [1.807, 2.05) is 26.1 Å². The number of hydrogen-bond acceptors (Lipinski definition) is 6. The van der Waals surface area contributed by atoms with Gasteiger partial charge in [0, 0.05) is 37.5 Å². The second-order valence-electron chi connectivity index (χ2n) is 4.03. The molecule has 0 spiro atoms. The molecule has 0 radical (unpaired) electrons. The van der Waals surface area contributed by atoms with E-state index in [1.54, 1.807) is 19.4 Å². The van der Waals surface area contributed by atoms with Crippen LogP contribution in [-0.4, -0.2) is 35.7 Å². The van der Waals surface area contributed by atoms with E-state index in [4.69, 9.17) is 9.47 Å². The molecule has 6 nitrogen and oxygen atoms in total. The smallest absolute Gasteiger partial charge is 0.212 e. The fourth-order valence-corrected chi connectivity index (χ4v) is 1.68. The molecule has 0 fully saturated rings. The predicted molar refractivity (Wildman–Crippen MR) is 76.7 cm³/mol. The van der Waals surface area contributed by atoms with Crippen LogP contribution in [0, 0.1) is 0 Å². The van der Waals surface area contributed by atoms with Gasteiger partial charge in [0.1, 0.15) is 12.4 Å². The molecule has 0 aliphatic rings. The predicted octanol–water partition coefficient (Wildman–Crippen LogP) is 2.13. The summed E-state index contributed by atoms with van der Waals surface area (Å²) in [5.41, 5.74) is 1.71. The average molecular weight is 274 g/mol. The number of nitrogens with zero attached hydrogens (tertiary/aromatic N) is 3. The van der Waals surface area contributed by atoms with Crippen molar-refractivity contribution in [3.63, 3.8) is 0 Å². The molecule has 0 saturated heterocycles. The standard InChI is InChI=1S/C14H18N4O2/c1-4-20-9-13-17-11(7-12(15-2)18-13)10-5-6-14(19-3)16-8-10/h5-8H,4,9H2,1-3H3,(H,15,17,18). The van der Waals surface area contributed by atoms with E-state index in [1.165, 1.54) is 0 Å². The van der Waals surface area contributed by atoms with Gasteiger partial charge in [-0.3, -0.25) is 0 Å². The first-order chi connectivity index (χ1) is 9.76. The van der Waals surface area contributed by atoms with Gasteiger partial charge in [-0.05, 0) is 13.0 Å². The maximum Gasteiger partial charge on any atom is 0.212 e. The molecular formula is C14H18N4O2. The second-order valence-corrected chi connectivity index (χ2v) is 4.03. The van der Waals surface area contributed by atoms with Gasteiger partial charge in [-0.15, -0.1) is 0 Å². The quantitative estimate of drug-likeness (QED) is 0.870. The van der Waals surface area contributed by atoms with Crippen molar-refractivity contribution in [1.82, 2.24) is 15.0 Å². The summed E-state index contributed by atoms with van der Waals surface area (Å²) in [6.07, 6.45) is 1.73. The molecule has 0 atom stereocenters. The van der Waals surface area contributed by atoms with Crippen LogP contribution < -0.4 is 10.1 Å². The van der Waals surface area contributed by atoms with Crippen molar-refractivity contribution in [3.8, 4) is 17.1 Å². The van der Waals surface area contributed by atoms with E-state index in [-0.39, 0.29) is 0 Å². The number of hydrogen-bond donors (Lipinski definition) is 1. The number of methoxy groups -OCH3 is 1. The lowest BCUT2D eigenvalue weighted by molar-refractivity contribution is 0.128. The lowest BCUT2D eigenvalue weighted by atomic mass is 10.2. The van der Waals surface area contributed by atoms with E-state index >= 15 is 0 Å². The van der Waals surface area contributed by atoms with Crippen LogP contribution in [-0.2, 0) is 11.3 Å². The third kappa shape index (κ3) is 3.42. The largest absolute Gasteiger partial charge is 0.481 e. The van der Waals surface area contributed by atoms with Crippen LogP contribution in [0.15, 0.2) is 24.4 Å². The van der Waals surface area contributed by atoms with Crippen LogP contribution in [0.1, 0.15) is 12.7 Å². The van der Waals surface area contributed by atoms with Gasteiger partial charge < -0.3 is 14.8 Å². The van der Waals surface area contributed by atoms with Crippen LogP contribution in [0.5, 0.6) is 5.88 Å². The molecule has 0 saturated carbocycles. The van der Waals surface area contributed by atoms with Crippen molar-refractivity contribution < 1.29 is 9.47 Å². The van der Waals surface area contributed by atoms with E-state index < -0.39 is 0 Å². The molecule has 0 aliphatic heterocycles. The van der Waals surface area contributed by atoms with Gasteiger partial charge in [0.2, 0.25) is 5.88 Å². The summed E-state index contributed by atoms with van der Waals surface area (Å²) in [7, 11) is 3.41. The van der Waals surface area contributed by atoms with Gasteiger partial charge in [-0.1, -0.05) is 0 Å². The molecule has 1 N–H and O–H groups in total. The van der Waals surface area contributed by atoms with Crippen molar-refractivity contribution >= 4 is 5.82 Å². The Morgan fingerprint density at radius 2 is 2.10 bits per heavy atom. The lowest BCUT2D eigenvalue weighted by Gasteiger charge is -2.08. The van der Waals surface area contributed by atoms with Crippen molar-refractivity contribution in [2.45, 2.75) is 13.5 Å². The molecule has 2 heterocycles. The topological polar surface area (TPSA) is 69.2 Å². The minimum atomic E-state index is 0.391. The molecule has 2 rings (SSSR count). The Balaban J connectivity index is 2.33. The monoisotopic (exact) mass is 274 g/mol. The van der Waals surface area contributed by atoms with E-state index in [0.29, 0.717) is 24.9 Å². The zero-order valence-corrected chi connectivity index (χ0v) is 11.9. The van der Waals surface area contributed by atoms with Crippen molar-refractivity contribution in [2.24, 2.45) is 0 Å². The molecule has 0 amide bonds. The summed E-state index contributed by atoms with van der Waals surface area (Å²) in [5.74, 6) is 1.97. The Labute approximate surface area is 118 Å². The number of anilines is 1. The second kappa shape index (κ2) is 6.81. The first-order valence-corrected chi connectivity index (χ1v) is 6.40. The van der Waals surface area contributed by atoms with Crippen LogP contribution in [0.3, 0.4) is 0 Å². The molecule has 6 heteroatoms. The molecule has 0 aromatic carbocycles. The summed E-state index contributed by atoms with van der Waals surface area (Å²) in [5, 5.41) is 3.02. The molecule has 0 unspecified atom stereocenters. The van der Waals surface area contributed by atoms with Gasteiger partial charge in [-0.2, -0.15) is 0 Å². The molecule has 2 aromatic rings. The Morgan fingerprint density at radius 1 is 1.25 bits per heavy atom. The summed E-state index contributed by atoms with van der Waals surface area (Å²) in [6, 6.07) is 5.59. The average Bonchev–Trinajstić information content (AvgIpc) is 2.52. The minimum Gasteiger partial charge on any atom is -0.481 e. The Kier molecular flexibility index (Phi) is 4.84. The molecule has 20 heavy (non-hydrogen) atoms. The Bertz CT molecular complexity index is 558. The number of ether oxygens (including phenoxy) is 2. The van der Waals surface area contributed by atoms with Gasteiger partial charge in [0.25, 0.3) is 0 Å². The molecule has 2 aromatic heterocycles. The van der Waals surface area contributed by atoms with E-state index in [0.717, 1.165) is 17.1 Å². The zero-order valence-electron chi connectivity index (χ0n) is 11.9. The first-order valence-electron chi connectivity index (χ1n) is 6.40. The Morgan fingerprint density at radius 3 is 2.70 bits per heavy atom. The molecule has 0 aliphatic carbocycles. The molecule has 0 bridgehead atoms. The molecular weight excluding hydrogens is 256 g/mol. The Hall–Kier alpha value is -2.21. The number of pyridine rings is 1. The third-order valence-corrected chi connectivity index (χ3v) is 2.71. The fourth-order valence-electron chi connectivity index (χ4n) is 1.68. The number of rotatable bonds is 6. The van der Waals surface area contributed by atoms with Crippen molar-refractivity contribution in [3.05, 3.63) is 30.2 Å². The summed E-state index contributed by atoms with van der Waals surface area (Å²) < 4.78 is 10.4. The van der Waals surface area contributed by atoms with Crippen molar-refractivity contribution in [2.75, 3.05) is 26.1 Å². The van der Waals surface area contributed by atoms with Crippen LogP contribution in [0.2, 0.25) is 0 Å². The first kappa shape index (κ1) is 14.2. The normalized spacial score (nSPS) is 10.3. The summed E-state index contributed by atoms with van der Waals surface area (Å²) in [6.45, 7) is 2.96. The highest BCUT2D eigenvalue weighted by atomic mass is 16.5. The zero-order chi connectivity index (χ0) is 14.4. The molecule has 106 valence electrons. The highest BCUT2D eigenvalue weighted by Gasteiger charge is 2.07. The van der Waals surface area contributed by atoms with E-state index in [9.17, 15) is 0 Å². The SMILES string of the molecule is CCOCc1nc(NC)cc(-c2ccc(OC)nc2)n1. The van der Waals surface area contributed by atoms with E-state index in [2.05, 4.69) is 20.3 Å². The van der Waals surface area contributed by atoms with Gasteiger partial charge >= 0.3 is 0 Å². The summed E-state index contributed by atoms with van der Waals surface area (Å²) >= 11 is 0. The third-order valence-electron chi connectivity index (χ3n) is 2.71. The van der Waals surface area contributed by atoms with Crippen LogP contribution in [0.4, 0.5) is 5.82 Å². The lowest BCUT2D eigenvalue weighted by Crippen LogP contribution is -2.04. The highest BCUT2D eigenvalue weighted by Crippen LogP contribution is 2.21. The number of nitrogens with one attached hydrogen (secondary N) is 1. The minimum absolute atomic E-state index is 0.391. The maximum absolute atomic E-state index is 5.36. The maximum atomic E-state index is 5.36. The summed E-state index contributed by atoms with van der Waals surface area (Å²) in [4.78, 5) is 13.0. The van der Waals surface area contributed by atoms with Crippen LogP contribution >= 0.6 is 0 Å². The van der Waals surface area contributed by atoms with Gasteiger partial charge in [-0.25, -0.2) is 15.0 Å². The number of aromatic nitrogens is 3. The highest BCUT2D eigenvalue weighted by molar-refractivity contribution is 5.61. The fraction of sp³-hybridized carbons (Fsp3) is 0.357. The van der Waals surface area contributed by atoms with Crippen LogP contribution in [0.25, 0.3) is 11.3 Å². The van der Waals surface area contributed by atoms with Gasteiger partial charge in [0.15, 0.2) is 5.82 Å². The van der Waals surface area contributed by atoms with Gasteiger partial charge in [0.05, 0.1) is 12.8 Å².